The van der Waals surface area contributed by atoms with Gasteiger partial charge in [-0.15, -0.1) is 0 Å². The van der Waals surface area contributed by atoms with Crippen LogP contribution in [0, 0.1) is 0 Å². The van der Waals surface area contributed by atoms with E-state index in [1.165, 1.54) is 0 Å². The zero-order valence-corrected chi connectivity index (χ0v) is 9.42. The van der Waals surface area contributed by atoms with Crippen molar-refractivity contribution in [1.29, 1.82) is 0 Å². The summed E-state index contributed by atoms with van der Waals surface area (Å²) in [5.41, 5.74) is 0.399. The minimum atomic E-state index is -0.293. The van der Waals surface area contributed by atoms with Crippen molar-refractivity contribution in [1.82, 2.24) is 4.57 Å². The van der Waals surface area contributed by atoms with Crippen LogP contribution in [0.1, 0.15) is 34.6 Å². The van der Waals surface area contributed by atoms with Gasteiger partial charge < -0.3 is 4.42 Å². The van der Waals surface area contributed by atoms with E-state index in [9.17, 15) is 4.79 Å². The SMILES string of the molecule is C/C=c1\oc(=O)n(C(C)(C)C)\c1=C\C. The number of oxazole rings is 1. The van der Waals surface area contributed by atoms with Gasteiger partial charge in [0.05, 0.1) is 5.35 Å². The summed E-state index contributed by atoms with van der Waals surface area (Å²) in [7, 11) is 0. The maximum absolute atomic E-state index is 11.6. The zero-order chi connectivity index (χ0) is 10.9. The van der Waals surface area contributed by atoms with Crippen LogP contribution in [0.25, 0.3) is 12.2 Å². The molecule has 1 aromatic rings. The van der Waals surface area contributed by atoms with Gasteiger partial charge in [0, 0.05) is 5.54 Å². The Hall–Kier alpha value is -1.25. The third kappa shape index (κ3) is 1.67. The maximum atomic E-state index is 11.6. The van der Waals surface area contributed by atoms with Crippen LogP contribution in [0.4, 0.5) is 0 Å². The van der Waals surface area contributed by atoms with Crippen LogP contribution in [0.2, 0.25) is 0 Å². The minimum absolute atomic E-state index is 0.246. The van der Waals surface area contributed by atoms with E-state index in [1.54, 1.807) is 10.6 Å². The molecule has 0 N–H and O–H groups in total. The van der Waals surface area contributed by atoms with E-state index >= 15 is 0 Å². The third-order valence-corrected chi connectivity index (χ3v) is 2.08. The van der Waals surface area contributed by atoms with Crippen molar-refractivity contribution < 1.29 is 4.42 Å². The van der Waals surface area contributed by atoms with Gasteiger partial charge in [-0.25, -0.2) is 4.79 Å². The predicted octanol–water partition coefficient (Wildman–Crippen LogP) is 0.797. The molecule has 78 valence electrons. The molecule has 0 aliphatic rings. The fourth-order valence-corrected chi connectivity index (χ4v) is 1.51. The van der Waals surface area contributed by atoms with Crippen molar-refractivity contribution in [2.75, 3.05) is 0 Å². The first-order chi connectivity index (χ1) is 6.41. The van der Waals surface area contributed by atoms with Crippen LogP contribution in [-0.4, -0.2) is 4.57 Å². The first-order valence-electron chi connectivity index (χ1n) is 4.77. The molecule has 0 amide bonds. The molecule has 0 bridgehead atoms. The Morgan fingerprint density at radius 2 is 1.79 bits per heavy atom. The zero-order valence-electron chi connectivity index (χ0n) is 9.42. The van der Waals surface area contributed by atoms with Gasteiger partial charge >= 0.3 is 5.76 Å². The summed E-state index contributed by atoms with van der Waals surface area (Å²) in [6.45, 7) is 9.71. The Morgan fingerprint density at radius 1 is 1.21 bits per heavy atom. The maximum Gasteiger partial charge on any atom is 0.420 e. The standard InChI is InChI=1S/C11H17NO2/c1-6-8-9(7-2)14-10(13)12(8)11(3,4)5/h6-7H,1-5H3/b8-6+,9-7-. The fraction of sp³-hybridized carbons (Fsp3) is 0.545. The molecule has 0 aliphatic carbocycles. The van der Waals surface area contributed by atoms with Gasteiger partial charge in [-0.2, -0.15) is 0 Å². The second kappa shape index (κ2) is 3.48. The number of rotatable bonds is 0. The molecular weight excluding hydrogens is 178 g/mol. The van der Waals surface area contributed by atoms with Gasteiger partial charge in [-0.05, 0) is 40.7 Å². The minimum Gasteiger partial charge on any atom is -0.408 e. The van der Waals surface area contributed by atoms with E-state index in [0.717, 1.165) is 5.35 Å². The van der Waals surface area contributed by atoms with E-state index in [1.807, 2.05) is 40.7 Å². The van der Waals surface area contributed by atoms with Crippen molar-refractivity contribution in [3.05, 3.63) is 21.3 Å². The average molecular weight is 195 g/mol. The molecule has 1 heterocycles. The van der Waals surface area contributed by atoms with Gasteiger partial charge in [0.2, 0.25) is 0 Å². The smallest absolute Gasteiger partial charge is 0.408 e. The van der Waals surface area contributed by atoms with Crippen molar-refractivity contribution in [3.8, 4) is 0 Å². The monoisotopic (exact) mass is 195 g/mol. The van der Waals surface area contributed by atoms with Crippen molar-refractivity contribution in [2.45, 2.75) is 40.2 Å². The first-order valence-corrected chi connectivity index (χ1v) is 4.77. The lowest BCUT2D eigenvalue weighted by Gasteiger charge is -2.18. The van der Waals surface area contributed by atoms with Crippen LogP contribution in [0.5, 0.6) is 0 Å². The summed E-state index contributed by atoms with van der Waals surface area (Å²) in [5.74, 6) is -0.293. The van der Waals surface area contributed by atoms with E-state index in [4.69, 9.17) is 4.42 Å². The number of aromatic nitrogens is 1. The lowest BCUT2D eigenvalue weighted by molar-refractivity contribution is 0.345. The van der Waals surface area contributed by atoms with Gasteiger partial charge in [-0.1, -0.05) is 6.08 Å². The Bertz CT molecular complexity index is 483. The normalized spacial score (nSPS) is 15.2. The summed E-state index contributed by atoms with van der Waals surface area (Å²) >= 11 is 0. The van der Waals surface area contributed by atoms with Gasteiger partial charge in [0.15, 0.2) is 5.42 Å². The topological polar surface area (TPSA) is 35.1 Å². The molecule has 0 saturated carbocycles. The van der Waals surface area contributed by atoms with E-state index in [2.05, 4.69) is 0 Å². The Kier molecular flexibility index (Phi) is 2.69. The average Bonchev–Trinajstić information content (AvgIpc) is 2.40. The van der Waals surface area contributed by atoms with Crippen LogP contribution < -0.4 is 16.5 Å². The Balaban J connectivity index is 3.79. The lowest BCUT2D eigenvalue weighted by Crippen LogP contribution is -2.41. The Morgan fingerprint density at radius 3 is 2.14 bits per heavy atom. The Labute approximate surface area is 83.4 Å². The molecule has 0 spiro atoms. The highest BCUT2D eigenvalue weighted by atomic mass is 16.4. The van der Waals surface area contributed by atoms with Crippen LogP contribution >= 0.6 is 0 Å². The number of hydrogen-bond acceptors (Lipinski definition) is 2. The van der Waals surface area contributed by atoms with Gasteiger partial charge in [-0.3, -0.25) is 4.57 Å². The molecule has 0 saturated heterocycles. The van der Waals surface area contributed by atoms with Crippen molar-refractivity contribution in [3.63, 3.8) is 0 Å². The number of hydrogen-bond donors (Lipinski definition) is 0. The summed E-state index contributed by atoms with van der Waals surface area (Å²) in [4.78, 5) is 11.6. The molecule has 0 atom stereocenters. The summed E-state index contributed by atoms with van der Waals surface area (Å²) in [5, 5.41) is 0.852. The fourth-order valence-electron chi connectivity index (χ4n) is 1.51. The van der Waals surface area contributed by atoms with Crippen LogP contribution in [-0.2, 0) is 5.54 Å². The third-order valence-electron chi connectivity index (χ3n) is 2.08. The molecule has 1 aromatic heterocycles. The second-order valence-electron chi connectivity index (χ2n) is 4.20. The van der Waals surface area contributed by atoms with Crippen LogP contribution in [0.15, 0.2) is 9.21 Å². The first kappa shape index (κ1) is 10.8. The summed E-state index contributed by atoms with van der Waals surface area (Å²) in [6, 6.07) is 0. The highest BCUT2D eigenvalue weighted by Gasteiger charge is 2.18. The van der Waals surface area contributed by atoms with E-state index in [0.29, 0.717) is 5.42 Å². The van der Waals surface area contributed by atoms with Gasteiger partial charge in [0.25, 0.3) is 0 Å². The predicted molar refractivity (Wildman–Crippen MR) is 57.5 cm³/mol. The van der Waals surface area contributed by atoms with E-state index < -0.39 is 0 Å². The quantitative estimate of drug-likeness (QED) is 0.613. The highest BCUT2D eigenvalue weighted by molar-refractivity contribution is 5.21. The molecule has 0 fully saturated rings. The molecule has 0 aliphatic heterocycles. The molecule has 0 aromatic carbocycles. The second-order valence-corrected chi connectivity index (χ2v) is 4.20. The molecule has 3 nitrogen and oxygen atoms in total. The highest BCUT2D eigenvalue weighted by Crippen LogP contribution is 2.06. The van der Waals surface area contributed by atoms with Crippen molar-refractivity contribution in [2.24, 2.45) is 0 Å². The summed E-state index contributed by atoms with van der Waals surface area (Å²) in [6.07, 6.45) is 3.70. The largest absolute Gasteiger partial charge is 0.420 e. The molecular formula is C11H17NO2. The molecule has 0 radical (unpaired) electrons. The number of nitrogens with zero attached hydrogens (tertiary/aromatic N) is 1. The lowest BCUT2D eigenvalue weighted by atomic mass is 10.1. The molecule has 1 rings (SSSR count). The molecule has 0 unspecified atom stereocenters. The van der Waals surface area contributed by atoms with Crippen LogP contribution in [0.3, 0.4) is 0 Å². The van der Waals surface area contributed by atoms with Gasteiger partial charge in [0.1, 0.15) is 0 Å². The summed E-state index contributed by atoms with van der Waals surface area (Å²) < 4.78 is 6.80. The van der Waals surface area contributed by atoms with Crippen molar-refractivity contribution >= 4 is 12.2 Å². The molecule has 14 heavy (non-hydrogen) atoms. The molecule has 3 heteroatoms. The van der Waals surface area contributed by atoms with E-state index in [-0.39, 0.29) is 11.3 Å².